The Balaban J connectivity index is 1.99. The van der Waals surface area contributed by atoms with E-state index in [2.05, 4.69) is 4.99 Å². The van der Waals surface area contributed by atoms with E-state index in [9.17, 15) is 13.2 Å². The average Bonchev–Trinajstić information content (AvgIpc) is 2.97. The SMILES string of the molecule is COc1ccc(N2C(=NC(=O)CC(C)C)SC3CS(=O)(=O)CC32)cc1Cl. The van der Waals surface area contributed by atoms with Crippen molar-refractivity contribution in [3.05, 3.63) is 23.2 Å². The normalized spacial score (nSPS) is 25.7. The summed E-state index contributed by atoms with van der Waals surface area (Å²) in [5.41, 5.74) is 0.712. The van der Waals surface area contributed by atoms with E-state index in [1.165, 1.54) is 18.9 Å². The molecule has 2 fully saturated rings. The van der Waals surface area contributed by atoms with Crippen LogP contribution in [-0.2, 0) is 14.6 Å². The highest BCUT2D eigenvalue weighted by atomic mass is 35.5. The van der Waals surface area contributed by atoms with Crippen LogP contribution in [0, 0.1) is 5.92 Å². The van der Waals surface area contributed by atoms with Gasteiger partial charge in [0.2, 0.25) is 5.91 Å². The number of anilines is 1. The first-order chi connectivity index (χ1) is 12.2. The number of sulfone groups is 1. The molecule has 0 saturated carbocycles. The number of nitrogens with zero attached hydrogens (tertiary/aromatic N) is 2. The Morgan fingerprint density at radius 3 is 2.77 bits per heavy atom. The number of fused-ring (bicyclic) bond motifs is 1. The third kappa shape index (κ3) is 4.02. The van der Waals surface area contributed by atoms with Crippen molar-refractivity contribution in [1.82, 2.24) is 0 Å². The van der Waals surface area contributed by atoms with Crippen LogP contribution in [0.25, 0.3) is 0 Å². The highest BCUT2D eigenvalue weighted by molar-refractivity contribution is 8.16. The zero-order chi connectivity index (χ0) is 19.1. The fourth-order valence-corrected chi connectivity index (χ4v) is 7.36. The number of rotatable bonds is 4. The van der Waals surface area contributed by atoms with Gasteiger partial charge in [-0.3, -0.25) is 4.79 Å². The Morgan fingerprint density at radius 2 is 2.15 bits per heavy atom. The van der Waals surface area contributed by atoms with Crippen LogP contribution in [0.1, 0.15) is 20.3 Å². The molecular formula is C17H21ClN2O4S2. The second-order valence-electron chi connectivity index (χ2n) is 6.88. The zero-order valence-corrected chi connectivity index (χ0v) is 17.2. The van der Waals surface area contributed by atoms with Crippen LogP contribution in [0.4, 0.5) is 5.69 Å². The van der Waals surface area contributed by atoms with E-state index < -0.39 is 9.84 Å². The predicted molar refractivity (Wildman–Crippen MR) is 106 cm³/mol. The quantitative estimate of drug-likeness (QED) is 0.750. The van der Waals surface area contributed by atoms with Crippen LogP contribution in [0.15, 0.2) is 23.2 Å². The lowest BCUT2D eigenvalue weighted by Crippen LogP contribution is -2.37. The first-order valence-corrected chi connectivity index (χ1v) is 11.4. The zero-order valence-electron chi connectivity index (χ0n) is 14.8. The van der Waals surface area contributed by atoms with Gasteiger partial charge in [0.1, 0.15) is 5.75 Å². The van der Waals surface area contributed by atoms with Gasteiger partial charge in [0.25, 0.3) is 0 Å². The summed E-state index contributed by atoms with van der Waals surface area (Å²) in [5, 5.41) is 0.834. The van der Waals surface area contributed by atoms with Crippen LogP contribution in [0.3, 0.4) is 0 Å². The summed E-state index contributed by atoms with van der Waals surface area (Å²) in [6, 6.07) is 5.00. The number of methoxy groups -OCH3 is 1. The number of amidine groups is 1. The molecule has 6 nitrogen and oxygen atoms in total. The molecule has 2 unspecified atom stereocenters. The van der Waals surface area contributed by atoms with Gasteiger partial charge in [-0.05, 0) is 24.1 Å². The highest BCUT2D eigenvalue weighted by Gasteiger charge is 2.49. The molecule has 0 N–H and O–H groups in total. The van der Waals surface area contributed by atoms with E-state index >= 15 is 0 Å². The Kier molecular flexibility index (Phi) is 5.55. The molecule has 26 heavy (non-hydrogen) atoms. The van der Waals surface area contributed by atoms with Crippen LogP contribution < -0.4 is 9.64 Å². The number of ether oxygens (including phenoxy) is 1. The molecule has 0 bridgehead atoms. The van der Waals surface area contributed by atoms with Gasteiger partial charge in [-0.15, -0.1) is 0 Å². The summed E-state index contributed by atoms with van der Waals surface area (Å²) in [7, 11) is -1.57. The van der Waals surface area contributed by atoms with Crippen molar-refractivity contribution < 1.29 is 17.9 Å². The van der Waals surface area contributed by atoms with Crippen molar-refractivity contribution in [2.75, 3.05) is 23.5 Å². The molecule has 2 saturated heterocycles. The molecule has 0 spiro atoms. The fourth-order valence-electron chi connectivity index (χ4n) is 3.17. The molecule has 2 aliphatic heterocycles. The summed E-state index contributed by atoms with van der Waals surface area (Å²) in [5.74, 6) is 0.690. The molecule has 0 aromatic heterocycles. The highest BCUT2D eigenvalue weighted by Crippen LogP contribution is 2.42. The van der Waals surface area contributed by atoms with Gasteiger partial charge in [-0.25, -0.2) is 8.42 Å². The maximum Gasteiger partial charge on any atom is 0.248 e. The van der Waals surface area contributed by atoms with Crippen molar-refractivity contribution in [2.45, 2.75) is 31.6 Å². The molecule has 2 aliphatic rings. The minimum Gasteiger partial charge on any atom is -0.495 e. The van der Waals surface area contributed by atoms with Gasteiger partial charge in [-0.2, -0.15) is 4.99 Å². The van der Waals surface area contributed by atoms with Crippen LogP contribution in [0.5, 0.6) is 5.75 Å². The lowest BCUT2D eigenvalue weighted by atomic mass is 10.1. The number of carbonyl (C=O) groups excluding carboxylic acids is 1. The third-order valence-electron chi connectivity index (χ3n) is 4.28. The van der Waals surface area contributed by atoms with Gasteiger partial charge >= 0.3 is 0 Å². The smallest absolute Gasteiger partial charge is 0.248 e. The Labute approximate surface area is 162 Å². The third-order valence-corrected chi connectivity index (χ3v) is 7.79. The van der Waals surface area contributed by atoms with E-state index in [0.29, 0.717) is 28.0 Å². The first-order valence-electron chi connectivity index (χ1n) is 8.31. The number of hydrogen-bond donors (Lipinski definition) is 0. The van der Waals surface area contributed by atoms with E-state index in [0.717, 1.165) is 0 Å². The first kappa shape index (κ1) is 19.5. The molecule has 2 heterocycles. The number of carbonyl (C=O) groups is 1. The Morgan fingerprint density at radius 1 is 1.42 bits per heavy atom. The molecule has 0 radical (unpaired) electrons. The molecule has 9 heteroatoms. The molecule has 2 atom stereocenters. The second kappa shape index (κ2) is 7.40. The predicted octanol–water partition coefficient (Wildman–Crippen LogP) is 3.00. The summed E-state index contributed by atoms with van der Waals surface area (Å²) < 4.78 is 29.3. The van der Waals surface area contributed by atoms with E-state index in [-0.39, 0.29) is 34.6 Å². The van der Waals surface area contributed by atoms with Crippen molar-refractivity contribution in [1.29, 1.82) is 0 Å². The van der Waals surface area contributed by atoms with Crippen molar-refractivity contribution in [3.8, 4) is 5.75 Å². The maximum atomic E-state index is 12.2. The van der Waals surface area contributed by atoms with Crippen molar-refractivity contribution >= 4 is 50.0 Å². The maximum absolute atomic E-state index is 12.2. The summed E-state index contributed by atoms with van der Waals surface area (Å²) >= 11 is 7.60. The van der Waals surface area contributed by atoms with Crippen LogP contribution in [0.2, 0.25) is 5.02 Å². The number of amides is 1. The molecule has 142 valence electrons. The molecule has 0 aliphatic carbocycles. The minimum absolute atomic E-state index is 0.0473. The number of benzene rings is 1. The molecule has 1 amide bonds. The van der Waals surface area contributed by atoms with Gasteiger partial charge in [0.15, 0.2) is 15.0 Å². The standard InChI is InChI=1S/C17H21ClN2O4S2/c1-10(2)6-16(21)19-17-20(11-4-5-14(24-3)12(18)7-11)13-8-26(22,23)9-15(13)25-17/h4-5,7,10,13,15H,6,8-9H2,1-3H3. The number of aliphatic imine (C=N–C) groups is 1. The fraction of sp³-hybridized carbons (Fsp3) is 0.529. The number of halogens is 1. The number of thioether (sulfide) groups is 1. The Bertz CT molecular complexity index is 854. The topological polar surface area (TPSA) is 76.0 Å². The Hall–Kier alpha value is -1.25. The summed E-state index contributed by atoms with van der Waals surface area (Å²) in [6.45, 7) is 3.92. The minimum atomic E-state index is -3.10. The molecular weight excluding hydrogens is 396 g/mol. The van der Waals surface area contributed by atoms with E-state index in [1.54, 1.807) is 18.2 Å². The monoisotopic (exact) mass is 416 g/mol. The van der Waals surface area contributed by atoms with Gasteiger partial charge in [0.05, 0.1) is 29.7 Å². The lowest BCUT2D eigenvalue weighted by Gasteiger charge is -2.25. The van der Waals surface area contributed by atoms with Crippen LogP contribution >= 0.6 is 23.4 Å². The summed E-state index contributed by atoms with van der Waals surface area (Å²) in [4.78, 5) is 18.3. The largest absolute Gasteiger partial charge is 0.495 e. The van der Waals surface area contributed by atoms with Crippen molar-refractivity contribution in [3.63, 3.8) is 0 Å². The average molecular weight is 417 g/mol. The number of hydrogen-bond acceptors (Lipinski definition) is 5. The van der Waals surface area contributed by atoms with Gasteiger partial charge in [0, 0.05) is 17.4 Å². The van der Waals surface area contributed by atoms with Gasteiger partial charge < -0.3 is 9.64 Å². The lowest BCUT2D eigenvalue weighted by molar-refractivity contribution is -0.118. The van der Waals surface area contributed by atoms with Crippen LogP contribution in [-0.4, -0.2) is 49.4 Å². The van der Waals surface area contributed by atoms with E-state index in [1.807, 2.05) is 18.7 Å². The van der Waals surface area contributed by atoms with Crippen molar-refractivity contribution in [2.24, 2.45) is 10.9 Å². The van der Waals surface area contributed by atoms with E-state index in [4.69, 9.17) is 16.3 Å². The molecule has 1 aromatic carbocycles. The molecule has 1 aromatic rings. The van der Waals surface area contributed by atoms with Gasteiger partial charge in [-0.1, -0.05) is 37.2 Å². The molecule has 3 rings (SSSR count). The second-order valence-corrected chi connectivity index (χ2v) is 10.6. The summed E-state index contributed by atoms with van der Waals surface area (Å²) in [6.07, 6.45) is 0.356.